The van der Waals surface area contributed by atoms with E-state index in [4.69, 9.17) is 4.74 Å². The third-order valence-electron chi connectivity index (χ3n) is 8.26. The topological polar surface area (TPSA) is 53.8 Å². The number of ether oxygens (including phenoxy) is 1. The number of fused-ring (bicyclic) bond motifs is 4. The van der Waals surface area contributed by atoms with Crippen molar-refractivity contribution in [2.75, 3.05) is 39.9 Å². The van der Waals surface area contributed by atoms with Crippen LogP contribution in [0.2, 0.25) is 0 Å². The molecule has 0 bridgehead atoms. The zero-order valence-corrected chi connectivity index (χ0v) is 20.5. The molecule has 0 amide bonds. The Hall–Kier alpha value is -1.93. The largest absolute Gasteiger partial charge is 0.497 e. The third kappa shape index (κ3) is 3.70. The molecule has 3 aromatic rings. The number of nitrogens with zero attached hydrogens (tertiary/aromatic N) is 4. The second-order valence-corrected chi connectivity index (χ2v) is 11.2. The number of aromatic nitrogens is 2. The van der Waals surface area contributed by atoms with Gasteiger partial charge in [-0.05, 0) is 62.4 Å². The van der Waals surface area contributed by atoms with E-state index < -0.39 is 0 Å². The lowest BCUT2D eigenvalue weighted by atomic mass is 9.68. The minimum atomic E-state index is 0.0722. The number of methoxy groups -OCH3 is 1. The van der Waals surface area contributed by atoms with E-state index in [1.807, 2.05) is 6.20 Å². The van der Waals surface area contributed by atoms with Gasteiger partial charge in [0.2, 0.25) is 0 Å². The molecule has 7 heteroatoms. The first-order valence-corrected chi connectivity index (χ1v) is 13.1. The van der Waals surface area contributed by atoms with Crippen LogP contribution in [-0.2, 0) is 19.0 Å². The second kappa shape index (κ2) is 8.38. The predicted molar refractivity (Wildman–Crippen MR) is 132 cm³/mol. The Kier molecular flexibility index (Phi) is 5.48. The molecule has 0 unspecified atom stereocenters. The highest BCUT2D eigenvalue weighted by molar-refractivity contribution is 7.09. The SMILES string of the molecule is COc1ccc2c3c(n(C)c2c1)[C@H](CO)N(CC1CC1)CC31CCN(Cc2nccs2)CC1. The maximum atomic E-state index is 10.6. The van der Waals surface area contributed by atoms with Gasteiger partial charge in [0.1, 0.15) is 10.8 Å². The van der Waals surface area contributed by atoms with E-state index in [1.165, 1.54) is 40.0 Å². The highest BCUT2D eigenvalue weighted by Gasteiger charge is 2.48. The highest BCUT2D eigenvalue weighted by atomic mass is 32.1. The van der Waals surface area contributed by atoms with Gasteiger partial charge in [0.15, 0.2) is 0 Å². The standard InChI is InChI=1S/C26H34N4O2S/c1-28-21-13-19(32-2)5-6-20(21)24-25(28)22(16-31)30(14-18-3-4-18)17-26(24)7-10-29(11-8-26)15-23-27-9-12-33-23/h5-6,9,12-13,18,22,31H,3-4,7-8,10-11,14-17H2,1-2H3/t22-/m0/s1. The summed E-state index contributed by atoms with van der Waals surface area (Å²) in [6.45, 7) is 5.48. The molecule has 2 aromatic heterocycles. The van der Waals surface area contributed by atoms with Crippen molar-refractivity contribution >= 4 is 22.2 Å². The Morgan fingerprint density at radius 3 is 2.73 bits per heavy atom. The van der Waals surface area contributed by atoms with E-state index in [1.54, 1.807) is 18.4 Å². The molecule has 3 aliphatic rings. The zero-order chi connectivity index (χ0) is 22.6. The number of hydrogen-bond donors (Lipinski definition) is 1. The fourth-order valence-electron chi connectivity index (χ4n) is 6.36. The van der Waals surface area contributed by atoms with E-state index in [2.05, 4.69) is 50.0 Å². The van der Waals surface area contributed by atoms with Gasteiger partial charge in [0.25, 0.3) is 0 Å². The van der Waals surface area contributed by atoms with Crippen LogP contribution in [0, 0.1) is 5.92 Å². The number of hydrogen-bond acceptors (Lipinski definition) is 6. The van der Waals surface area contributed by atoms with E-state index in [-0.39, 0.29) is 18.1 Å². The van der Waals surface area contributed by atoms with Gasteiger partial charge < -0.3 is 14.4 Å². The molecule has 33 heavy (non-hydrogen) atoms. The first-order chi connectivity index (χ1) is 16.1. The van der Waals surface area contributed by atoms with Crippen LogP contribution in [0.25, 0.3) is 10.9 Å². The van der Waals surface area contributed by atoms with E-state index in [0.29, 0.717) is 0 Å². The van der Waals surface area contributed by atoms with Crippen LogP contribution >= 0.6 is 11.3 Å². The summed E-state index contributed by atoms with van der Waals surface area (Å²) in [7, 11) is 3.91. The minimum Gasteiger partial charge on any atom is -0.497 e. The summed E-state index contributed by atoms with van der Waals surface area (Å²) < 4.78 is 7.90. The smallest absolute Gasteiger partial charge is 0.120 e. The lowest BCUT2D eigenvalue weighted by Gasteiger charge is -2.50. The summed E-state index contributed by atoms with van der Waals surface area (Å²) in [6.07, 6.45) is 6.88. The summed E-state index contributed by atoms with van der Waals surface area (Å²) in [5.41, 5.74) is 4.16. The molecule has 1 aromatic carbocycles. The van der Waals surface area contributed by atoms with Gasteiger partial charge in [-0.3, -0.25) is 9.80 Å². The van der Waals surface area contributed by atoms with Crippen LogP contribution in [0.4, 0.5) is 0 Å². The maximum Gasteiger partial charge on any atom is 0.120 e. The number of aryl methyl sites for hydroxylation is 1. The number of piperidine rings is 1. The number of aliphatic hydroxyl groups excluding tert-OH is 1. The molecule has 2 aliphatic heterocycles. The quantitative estimate of drug-likeness (QED) is 0.597. The number of thiazole rings is 1. The predicted octanol–water partition coefficient (Wildman–Crippen LogP) is 3.94. The lowest BCUT2D eigenvalue weighted by Crippen LogP contribution is -2.54. The third-order valence-corrected chi connectivity index (χ3v) is 9.03. The normalized spacial score (nSPS) is 23.3. The van der Waals surface area contributed by atoms with Gasteiger partial charge in [0.05, 0.1) is 31.8 Å². The average Bonchev–Trinajstić information content (AvgIpc) is 3.41. The minimum absolute atomic E-state index is 0.0722. The molecular weight excluding hydrogens is 432 g/mol. The number of benzene rings is 1. The molecule has 176 valence electrons. The van der Waals surface area contributed by atoms with Crippen molar-refractivity contribution in [3.8, 4) is 5.75 Å². The first-order valence-electron chi connectivity index (χ1n) is 12.2. The molecule has 6 nitrogen and oxygen atoms in total. The number of aliphatic hydroxyl groups is 1. The van der Waals surface area contributed by atoms with E-state index >= 15 is 0 Å². The van der Waals surface area contributed by atoms with E-state index in [9.17, 15) is 5.11 Å². The summed E-state index contributed by atoms with van der Waals surface area (Å²) >= 11 is 1.75. The number of rotatable bonds is 6. The summed E-state index contributed by atoms with van der Waals surface area (Å²) in [5, 5.41) is 15.2. The van der Waals surface area contributed by atoms with Crippen molar-refractivity contribution in [3.63, 3.8) is 0 Å². The lowest BCUT2D eigenvalue weighted by molar-refractivity contribution is 0.0424. The average molecular weight is 467 g/mol. The molecular formula is C26H34N4O2S. The number of likely N-dealkylation sites (tertiary alicyclic amines) is 1. The van der Waals surface area contributed by atoms with Gasteiger partial charge in [-0.25, -0.2) is 4.98 Å². The molecule has 1 aliphatic carbocycles. The van der Waals surface area contributed by atoms with Crippen LogP contribution in [0.3, 0.4) is 0 Å². The van der Waals surface area contributed by atoms with Gasteiger partial charge >= 0.3 is 0 Å². The molecule has 1 atom stereocenters. The van der Waals surface area contributed by atoms with Crippen LogP contribution < -0.4 is 4.74 Å². The van der Waals surface area contributed by atoms with Gasteiger partial charge in [-0.2, -0.15) is 0 Å². The molecule has 6 rings (SSSR count). The van der Waals surface area contributed by atoms with Crippen LogP contribution in [-0.4, -0.2) is 64.4 Å². The summed E-state index contributed by atoms with van der Waals surface area (Å²) in [4.78, 5) is 9.70. The Labute approximate surface area is 199 Å². The second-order valence-electron chi connectivity index (χ2n) is 10.3. The molecule has 2 fully saturated rings. The Balaban J connectivity index is 1.41. The van der Waals surface area contributed by atoms with Crippen LogP contribution in [0.15, 0.2) is 29.8 Å². The fourth-order valence-corrected chi connectivity index (χ4v) is 7.01. The monoisotopic (exact) mass is 466 g/mol. The van der Waals surface area contributed by atoms with E-state index in [0.717, 1.165) is 57.2 Å². The molecule has 1 saturated heterocycles. The molecule has 1 saturated carbocycles. The van der Waals surface area contributed by atoms with Crippen molar-refractivity contribution in [1.29, 1.82) is 0 Å². The zero-order valence-electron chi connectivity index (χ0n) is 19.7. The Morgan fingerprint density at radius 2 is 2.06 bits per heavy atom. The summed E-state index contributed by atoms with van der Waals surface area (Å²) in [6, 6.07) is 6.58. The van der Waals surface area contributed by atoms with Crippen molar-refractivity contribution < 1.29 is 9.84 Å². The van der Waals surface area contributed by atoms with Crippen molar-refractivity contribution in [3.05, 3.63) is 46.0 Å². The van der Waals surface area contributed by atoms with Crippen LogP contribution in [0.1, 0.15) is 48.0 Å². The molecule has 0 radical (unpaired) electrons. The van der Waals surface area contributed by atoms with Gasteiger partial charge in [-0.15, -0.1) is 11.3 Å². The van der Waals surface area contributed by atoms with Crippen molar-refractivity contribution in [2.45, 2.75) is 43.7 Å². The molecule has 4 heterocycles. The maximum absolute atomic E-state index is 10.6. The first kappa shape index (κ1) is 21.6. The summed E-state index contributed by atoms with van der Waals surface area (Å²) in [5.74, 6) is 1.69. The Morgan fingerprint density at radius 1 is 1.24 bits per heavy atom. The van der Waals surface area contributed by atoms with Gasteiger partial charge in [0, 0.05) is 54.3 Å². The van der Waals surface area contributed by atoms with Gasteiger partial charge in [-0.1, -0.05) is 0 Å². The fraction of sp³-hybridized carbons (Fsp3) is 0.577. The highest BCUT2D eigenvalue weighted by Crippen LogP contribution is 2.51. The molecule has 1 N–H and O–H groups in total. The van der Waals surface area contributed by atoms with Crippen LogP contribution in [0.5, 0.6) is 5.75 Å². The van der Waals surface area contributed by atoms with Crippen molar-refractivity contribution in [2.24, 2.45) is 13.0 Å². The Bertz CT molecular complexity index is 1130. The molecule has 1 spiro atoms. The van der Waals surface area contributed by atoms with Crippen molar-refractivity contribution in [1.82, 2.24) is 19.4 Å².